The summed E-state index contributed by atoms with van der Waals surface area (Å²) in [5.74, 6) is 1.33. The average Bonchev–Trinajstić information content (AvgIpc) is 2.68. The zero-order chi connectivity index (χ0) is 21.3. The van der Waals surface area contributed by atoms with Gasteiger partial charge in [0.25, 0.3) is 0 Å². The summed E-state index contributed by atoms with van der Waals surface area (Å²) in [4.78, 5) is 15.0. The fourth-order valence-electron chi connectivity index (χ4n) is 3.53. The topological polar surface area (TPSA) is 48.0 Å². The van der Waals surface area contributed by atoms with Gasteiger partial charge in [-0.1, -0.05) is 23.7 Å². The van der Waals surface area contributed by atoms with E-state index in [4.69, 9.17) is 25.8 Å². The highest BCUT2D eigenvalue weighted by atomic mass is 79.9. The number of benzene rings is 2. The van der Waals surface area contributed by atoms with E-state index >= 15 is 0 Å². The molecule has 2 aromatic rings. The third-order valence-corrected chi connectivity index (χ3v) is 6.07. The van der Waals surface area contributed by atoms with Crippen LogP contribution in [0.2, 0.25) is 5.02 Å². The van der Waals surface area contributed by atoms with Crippen molar-refractivity contribution in [3.05, 3.63) is 51.0 Å². The lowest BCUT2D eigenvalue weighted by atomic mass is 9.91. The predicted octanol–water partition coefficient (Wildman–Crippen LogP) is 6.55. The third-order valence-electron chi connectivity index (χ3n) is 4.78. The van der Waals surface area contributed by atoms with Gasteiger partial charge in [0, 0.05) is 4.47 Å². The summed E-state index contributed by atoms with van der Waals surface area (Å²) in [6.07, 6.45) is 0.980. The van der Waals surface area contributed by atoms with Crippen molar-refractivity contribution >= 4 is 39.3 Å². The molecule has 0 spiro atoms. The zero-order valence-electron chi connectivity index (χ0n) is 17.2. The molecule has 3 rings (SSSR count). The van der Waals surface area contributed by atoms with Gasteiger partial charge in [0.2, 0.25) is 0 Å². The van der Waals surface area contributed by atoms with Gasteiger partial charge in [-0.15, -0.1) is 0 Å². The molecule has 29 heavy (non-hydrogen) atoms. The number of ether oxygens (including phenoxy) is 3. The molecule has 0 N–H and O–H groups in total. The fourth-order valence-corrected chi connectivity index (χ4v) is 4.21. The van der Waals surface area contributed by atoms with Crippen molar-refractivity contribution < 1.29 is 19.0 Å². The lowest BCUT2D eigenvalue weighted by molar-refractivity contribution is 0.0559. The Bertz CT molecular complexity index is 909. The van der Waals surface area contributed by atoms with Gasteiger partial charge in [-0.25, -0.2) is 4.79 Å². The first-order chi connectivity index (χ1) is 13.7. The molecule has 156 valence electrons. The van der Waals surface area contributed by atoms with Crippen LogP contribution in [-0.4, -0.2) is 25.9 Å². The van der Waals surface area contributed by atoms with Gasteiger partial charge >= 0.3 is 6.09 Å². The van der Waals surface area contributed by atoms with E-state index in [1.165, 1.54) is 0 Å². The summed E-state index contributed by atoms with van der Waals surface area (Å²) in [5.41, 5.74) is 1.88. The number of methoxy groups -OCH3 is 2. The van der Waals surface area contributed by atoms with E-state index < -0.39 is 11.7 Å². The van der Waals surface area contributed by atoms with Gasteiger partial charge in [0.1, 0.15) is 17.1 Å². The number of carbonyl (C=O) groups excluding carboxylic acids is 1. The number of hydrogen-bond acceptors (Lipinski definition) is 4. The highest BCUT2D eigenvalue weighted by Gasteiger charge is 2.38. The van der Waals surface area contributed by atoms with Gasteiger partial charge in [0.15, 0.2) is 0 Å². The van der Waals surface area contributed by atoms with Gasteiger partial charge in [0.05, 0.1) is 31.0 Å². The summed E-state index contributed by atoms with van der Waals surface area (Å²) in [7, 11) is 3.21. The highest BCUT2D eigenvalue weighted by Crippen LogP contribution is 2.49. The van der Waals surface area contributed by atoms with Crippen LogP contribution >= 0.6 is 27.5 Å². The minimum atomic E-state index is -0.633. The Kier molecular flexibility index (Phi) is 6.34. The number of halogens is 2. The number of hydrogen-bond donors (Lipinski definition) is 0. The molecule has 1 unspecified atom stereocenters. The van der Waals surface area contributed by atoms with Crippen LogP contribution in [0.1, 0.15) is 44.4 Å². The molecule has 7 heteroatoms. The van der Waals surface area contributed by atoms with E-state index in [9.17, 15) is 4.79 Å². The van der Waals surface area contributed by atoms with Crippen LogP contribution in [0.4, 0.5) is 10.5 Å². The van der Waals surface area contributed by atoms with Gasteiger partial charge in [-0.2, -0.15) is 0 Å². The van der Waals surface area contributed by atoms with Crippen LogP contribution in [0.25, 0.3) is 0 Å². The smallest absolute Gasteiger partial charge is 0.415 e. The monoisotopic (exact) mass is 481 g/mol. The molecular weight excluding hydrogens is 458 g/mol. The van der Waals surface area contributed by atoms with Crippen molar-refractivity contribution in [2.24, 2.45) is 0 Å². The van der Waals surface area contributed by atoms with Crippen LogP contribution in [0.15, 0.2) is 34.8 Å². The lowest BCUT2D eigenvalue weighted by Crippen LogP contribution is -2.42. The van der Waals surface area contributed by atoms with E-state index in [-0.39, 0.29) is 6.04 Å². The summed E-state index contributed by atoms with van der Waals surface area (Å²) in [6, 6.07) is 9.30. The molecule has 1 atom stereocenters. The largest absolute Gasteiger partial charge is 0.497 e. The second-order valence-electron chi connectivity index (χ2n) is 7.88. The van der Waals surface area contributed by atoms with E-state index in [0.29, 0.717) is 29.3 Å². The molecule has 0 aromatic heterocycles. The summed E-state index contributed by atoms with van der Waals surface area (Å²) in [5, 5.41) is 0.586. The van der Waals surface area contributed by atoms with E-state index in [1.54, 1.807) is 25.2 Å². The minimum absolute atomic E-state index is 0.214. The van der Waals surface area contributed by atoms with Crippen LogP contribution in [0.5, 0.6) is 11.5 Å². The predicted molar refractivity (Wildman–Crippen MR) is 118 cm³/mol. The minimum Gasteiger partial charge on any atom is -0.497 e. The maximum absolute atomic E-state index is 13.3. The van der Waals surface area contributed by atoms with E-state index in [1.807, 2.05) is 45.0 Å². The van der Waals surface area contributed by atoms with Crippen LogP contribution in [0, 0.1) is 0 Å². The molecule has 0 aliphatic carbocycles. The Morgan fingerprint density at radius 3 is 2.38 bits per heavy atom. The molecule has 1 aliphatic heterocycles. The van der Waals surface area contributed by atoms with Crippen molar-refractivity contribution in [2.75, 3.05) is 19.1 Å². The van der Waals surface area contributed by atoms with Gasteiger partial charge in [-0.05, 0) is 78.9 Å². The molecule has 0 bridgehead atoms. The number of fused-ring (bicyclic) bond motifs is 1. The second-order valence-corrected chi connectivity index (χ2v) is 9.11. The molecule has 0 saturated carbocycles. The summed E-state index contributed by atoms with van der Waals surface area (Å²) >= 11 is 10.1. The number of amides is 1. The third kappa shape index (κ3) is 4.48. The van der Waals surface area contributed by atoms with Crippen molar-refractivity contribution in [1.29, 1.82) is 0 Å². The average molecular weight is 483 g/mol. The quantitative estimate of drug-likeness (QED) is 0.498. The number of anilines is 1. The van der Waals surface area contributed by atoms with Crippen molar-refractivity contribution in [3.8, 4) is 11.5 Å². The molecule has 0 radical (unpaired) electrons. The van der Waals surface area contributed by atoms with Crippen LogP contribution in [0.3, 0.4) is 0 Å². The first kappa shape index (κ1) is 21.8. The number of carbonyl (C=O) groups is 1. The summed E-state index contributed by atoms with van der Waals surface area (Å²) < 4.78 is 17.4. The molecule has 2 aromatic carbocycles. The Morgan fingerprint density at radius 2 is 1.83 bits per heavy atom. The van der Waals surface area contributed by atoms with Gasteiger partial charge in [-0.3, -0.25) is 4.90 Å². The second kappa shape index (κ2) is 8.44. The van der Waals surface area contributed by atoms with Gasteiger partial charge < -0.3 is 14.2 Å². The maximum Gasteiger partial charge on any atom is 0.415 e. The summed E-state index contributed by atoms with van der Waals surface area (Å²) in [6.45, 7) is 5.55. The lowest BCUT2D eigenvalue weighted by Gasteiger charge is -2.39. The molecule has 0 fully saturated rings. The van der Waals surface area contributed by atoms with Crippen molar-refractivity contribution in [3.63, 3.8) is 0 Å². The Morgan fingerprint density at radius 1 is 1.17 bits per heavy atom. The first-order valence-corrected chi connectivity index (χ1v) is 10.5. The standard InChI is InChI=1S/C22H25BrClNO4/c1-22(2,3)29-21(26)25-17(13-6-8-14(27-4)9-7-13)11-10-15-19(24)16(23)12-18(28-5)20(15)25/h6-9,12,17H,10-11H2,1-5H3. The van der Waals surface area contributed by atoms with E-state index in [2.05, 4.69) is 15.9 Å². The first-order valence-electron chi connectivity index (χ1n) is 9.37. The molecular formula is C22H25BrClNO4. The molecule has 1 amide bonds. The number of rotatable bonds is 3. The van der Waals surface area contributed by atoms with Crippen molar-refractivity contribution in [1.82, 2.24) is 0 Å². The Hall–Kier alpha value is -1.92. The maximum atomic E-state index is 13.3. The molecule has 0 saturated heterocycles. The zero-order valence-corrected chi connectivity index (χ0v) is 19.6. The SMILES string of the molecule is COc1ccc(C2CCc3c(Cl)c(Br)cc(OC)c3N2C(=O)OC(C)(C)C)cc1. The Labute approximate surface area is 185 Å². The number of nitrogens with zero attached hydrogens (tertiary/aromatic N) is 1. The fraction of sp³-hybridized carbons (Fsp3) is 0.409. The Balaban J connectivity index is 2.15. The normalized spacial score (nSPS) is 16.2. The highest BCUT2D eigenvalue weighted by molar-refractivity contribution is 9.10. The van der Waals surface area contributed by atoms with Crippen LogP contribution < -0.4 is 14.4 Å². The van der Waals surface area contributed by atoms with Crippen LogP contribution in [-0.2, 0) is 11.2 Å². The van der Waals surface area contributed by atoms with E-state index in [0.717, 1.165) is 21.3 Å². The molecule has 1 heterocycles. The van der Waals surface area contributed by atoms with Crippen molar-refractivity contribution in [2.45, 2.75) is 45.3 Å². The molecule has 1 aliphatic rings. The molecule has 5 nitrogen and oxygen atoms in total.